The number of benzene rings is 3. The smallest absolute Gasteiger partial charge is 0.270 e. The third-order valence-corrected chi connectivity index (χ3v) is 8.23. The molecule has 10 heteroatoms. The first-order valence-corrected chi connectivity index (χ1v) is 14.1. The molecule has 2 aliphatic heterocycles. The Hall–Kier alpha value is -5.09. The molecular formula is C32H27N5O4S. The number of ether oxygens (including phenoxy) is 1. The van der Waals surface area contributed by atoms with Gasteiger partial charge < -0.3 is 10.1 Å². The molecule has 3 heterocycles. The number of methoxy groups -OCH3 is 1. The molecule has 1 N–H and O–H groups in total. The van der Waals surface area contributed by atoms with E-state index < -0.39 is 12.0 Å². The van der Waals surface area contributed by atoms with Gasteiger partial charge in [0.1, 0.15) is 11.7 Å². The highest BCUT2D eigenvalue weighted by Gasteiger charge is 2.35. The zero-order valence-electron chi connectivity index (χ0n) is 23.1. The van der Waals surface area contributed by atoms with Gasteiger partial charge in [-0.15, -0.1) is 0 Å². The van der Waals surface area contributed by atoms with Crippen molar-refractivity contribution in [2.24, 2.45) is 16.0 Å². The van der Waals surface area contributed by atoms with Gasteiger partial charge in [-0.2, -0.15) is 10.1 Å². The minimum absolute atomic E-state index is 0.240. The molecule has 210 valence electrons. The molecule has 2 aliphatic rings. The summed E-state index contributed by atoms with van der Waals surface area (Å²) in [5.41, 5.74) is 3.11. The second-order valence-electron chi connectivity index (χ2n) is 9.90. The van der Waals surface area contributed by atoms with Gasteiger partial charge in [0.25, 0.3) is 17.4 Å². The van der Waals surface area contributed by atoms with Crippen LogP contribution in [0.5, 0.6) is 5.75 Å². The number of amides is 2. The van der Waals surface area contributed by atoms with Crippen molar-refractivity contribution in [1.29, 1.82) is 0 Å². The summed E-state index contributed by atoms with van der Waals surface area (Å²) in [5, 5.41) is 8.77. The fourth-order valence-electron chi connectivity index (χ4n) is 5.12. The number of nitrogens with one attached hydrogen (secondary N) is 1. The Morgan fingerprint density at radius 1 is 0.952 bits per heavy atom. The van der Waals surface area contributed by atoms with Crippen LogP contribution in [0.4, 0.5) is 11.4 Å². The van der Waals surface area contributed by atoms with Crippen molar-refractivity contribution in [1.82, 2.24) is 4.57 Å². The largest absolute Gasteiger partial charge is 0.497 e. The number of hydrogen-bond donors (Lipinski definition) is 1. The highest BCUT2D eigenvalue weighted by molar-refractivity contribution is 7.07. The van der Waals surface area contributed by atoms with Crippen LogP contribution in [0.3, 0.4) is 0 Å². The fraction of sp³-hybridized carbons (Fsp3) is 0.156. The lowest BCUT2D eigenvalue weighted by atomic mass is 9.95. The van der Waals surface area contributed by atoms with Gasteiger partial charge >= 0.3 is 0 Å². The topological polar surface area (TPSA) is 105 Å². The Labute approximate surface area is 245 Å². The van der Waals surface area contributed by atoms with E-state index in [0.29, 0.717) is 43.4 Å². The fourth-order valence-corrected chi connectivity index (χ4v) is 6.18. The molecule has 0 unspecified atom stereocenters. The SMILES string of the molecule is COc1ccc([C@@H]2C(C(=O)Nc3ccccc3)=C(C)N=c3s/c(=C\[C@@H]4C(=O)N(c5ccccc5)N=C4C)c(=O)n32)cc1. The number of carbonyl (C=O) groups is 2. The van der Waals surface area contributed by atoms with E-state index in [1.807, 2.05) is 60.7 Å². The first-order valence-electron chi connectivity index (χ1n) is 13.3. The molecule has 0 aliphatic carbocycles. The highest BCUT2D eigenvalue weighted by Crippen LogP contribution is 2.32. The number of hydrazone groups is 1. The highest BCUT2D eigenvalue weighted by atomic mass is 32.1. The zero-order valence-corrected chi connectivity index (χ0v) is 24.0. The molecule has 42 heavy (non-hydrogen) atoms. The van der Waals surface area contributed by atoms with Crippen molar-refractivity contribution in [3.8, 4) is 5.75 Å². The number of thiazole rings is 1. The number of nitrogens with zero attached hydrogens (tertiary/aromatic N) is 4. The maximum Gasteiger partial charge on any atom is 0.270 e. The van der Waals surface area contributed by atoms with E-state index in [1.165, 1.54) is 20.9 Å². The average molecular weight is 578 g/mol. The summed E-state index contributed by atoms with van der Waals surface area (Å²) in [5.74, 6) is -0.645. The number of fused-ring (bicyclic) bond motifs is 1. The van der Waals surface area contributed by atoms with Crippen LogP contribution in [0.15, 0.2) is 111 Å². The lowest BCUT2D eigenvalue weighted by Crippen LogP contribution is -2.41. The third kappa shape index (κ3) is 4.86. The van der Waals surface area contributed by atoms with E-state index in [-0.39, 0.29) is 17.4 Å². The maximum absolute atomic E-state index is 14.0. The first-order chi connectivity index (χ1) is 20.4. The number of carbonyl (C=O) groups excluding carboxylic acids is 2. The number of anilines is 2. The van der Waals surface area contributed by atoms with Gasteiger partial charge in [-0.3, -0.25) is 19.0 Å². The normalized spacial score (nSPS) is 18.5. The van der Waals surface area contributed by atoms with Gasteiger partial charge in [0.2, 0.25) is 0 Å². The second kappa shape index (κ2) is 11.1. The number of para-hydroxylation sites is 2. The molecule has 0 saturated heterocycles. The van der Waals surface area contributed by atoms with Crippen LogP contribution in [0.1, 0.15) is 25.5 Å². The molecule has 1 aromatic heterocycles. The predicted octanol–water partition coefficient (Wildman–Crippen LogP) is 3.87. The summed E-state index contributed by atoms with van der Waals surface area (Å²) < 4.78 is 7.22. The van der Waals surface area contributed by atoms with Gasteiger partial charge in [-0.25, -0.2) is 4.99 Å². The average Bonchev–Trinajstić information content (AvgIpc) is 3.47. The molecule has 0 radical (unpaired) electrons. The maximum atomic E-state index is 14.0. The molecule has 6 rings (SSSR count). The van der Waals surface area contributed by atoms with Crippen LogP contribution in [-0.2, 0) is 9.59 Å². The van der Waals surface area contributed by atoms with Crippen LogP contribution >= 0.6 is 11.3 Å². The van der Waals surface area contributed by atoms with E-state index in [4.69, 9.17) is 4.74 Å². The van der Waals surface area contributed by atoms with E-state index in [2.05, 4.69) is 15.4 Å². The van der Waals surface area contributed by atoms with E-state index in [0.717, 1.165) is 5.56 Å². The van der Waals surface area contributed by atoms with Crippen LogP contribution in [0.2, 0.25) is 0 Å². The Morgan fingerprint density at radius 2 is 1.62 bits per heavy atom. The summed E-state index contributed by atoms with van der Waals surface area (Å²) in [4.78, 5) is 46.3. The van der Waals surface area contributed by atoms with Crippen molar-refractivity contribution in [3.05, 3.63) is 121 Å². The van der Waals surface area contributed by atoms with Gasteiger partial charge in [-0.1, -0.05) is 59.9 Å². The van der Waals surface area contributed by atoms with Gasteiger partial charge in [0, 0.05) is 5.69 Å². The molecule has 3 aromatic carbocycles. The minimum Gasteiger partial charge on any atom is -0.497 e. The van der Waals surface area contributed by atoms with Crippen LogP contribution in [0.25, 0.3) is 6.08 Å². The molecule has 0 fully saturated rings. The molecule has 2 atom stereocenters. The van der Waals surface area contributed by atoms with Crippen molar-refractivity contribution in [2.75, 3.05) is 17.4 Å². The number of allylic oxidation sites excluding steroid dienone is 1. The number of hydrogen-bond acceptors (Lipinski definition) is 7. The lowest BCUT2D eigenvalue weighted by Gasteiger charge is -2.25. The summed E-state index contributed by atoms with van der Waals surface area (Å²) in [6, 6.07) is 24.8. The predicted molar refractivity (Wildman–Crippen MR) is 163 cm³/mol. The lowest BCUT2D eigenvalue weighted by molar-refractivity contribution is -0.118. The van der Waals surface area contributed by atoms with Crippen molar-refractivity contribution < 1.29 is 14.3 Å². The van der Waals surface area contributed by atoms with E-state index in [9.17, 15) is 14.4 Å². The van der Waals surface area contributed by atoms with E-state index >= 15 is 0 Å². The van der Waals surface area contributed by atoms with Gasteiger partial charge in [0.15, 0.2) is 4.80 Å². The molecule has 0 saturated carbocycles. The summed E-state index contributed by atoms with van der Waals surface area (Å²) in [7, 11) is 1.58. The quantitative estimate of drug-likeness (QED) is 0.376. The zero-order chi connectivity index (χ0) is 29.4. The Bertz CT molecular complexity index is 1930. The standard InChI is InChI=1S/C32H27N5O4S/c1-19-25(30(39)37(35-19)23-12-8-5-9-13-23)18-26-31(40)36-28(21-14-16-24(41-3)17-15-21)27(20(2)33-32(36)42-26)29(38)34-22-10-6-4-7-11-22/h4-18,25,28H,1-3H3,(H,34,38)/b26-18-/t25-,28+/m0/s1. The third-order valence-electron chi connectivity index (χ3n) is 7.23. The number of aromatic nitrogens is 1. The summed E-state index contributed by atoms with van der Waals surface area (Å²) in [6.07, 6.45) is 1.65. The monoisotopic (exact) mass is 577 g/mol. The van der Waals surface area contributed by atoms with Crippen LogP contribution < -0.4 is 30.0 Å². The first kappa shape index (κ1) is 27.1. The molecule has 0 spiro atoms. The second-order valence-corrected chi connectivity index (χ2v) is 10.9. The molecular weight excluding hydrogens is 550 g/mol. The van der Waals surface area contributed by atoms with Gasteiger partial charge in [0.05, 0.1) is 40.4 Å². The van der Waals surface area contributed by atoms with Crippen LogP contribution in [-0.4, -0.2) is 29.2 Å². The molecule has 9 nitrogen and oxygen atoms in total. The summed E-state index contributed by atoms with van der Waals surface area (Å²) >= 11 is 1.19. The summed E-state index contributed by atoms with van der Waals surface area (Å²) in [6.45, 7) is 3.54. The number of rotatable bonds is 6. The van der Waals surface area contributed by atoms with Crippen LogP contribution in [0, 0.1) is 5.92 Å². The Balaban J connectivity index is 1.45. The molecule has 0 bridgehead atoms. The Morgan fingerprint density at radius 3 is 2.29 bits per heavy atom. The van der Waals surface area contributed by atoms with Gasteiger partial charge in [-0.05, 0) is 61.9 Å². The molecule has 2 amide bonds. The van der Waals surface area contributed by atoms with Crippen molar-refractivity contribution in [2.45, 2.75) is 19.9 Å². The van der Waals surface area contributed by atoms with Crippen molar-refractivity contribution in [3.63, 3.8) is 0 Å². The Kier molecular flexibility index (Phi) is 7.13. The van der Waals surface area contributed by atoms with Crippen molar-refractivity contribution >= 4 is 46.3 Å². The molecule has 4 aromatic rings. The van der Waals surface area contributed by atoms with E-state index in [1.54, 1.807) is 51.3 Å². The minimum atomic E-state index is -0.743.